The molecule has 0 amide bonds. The Labute approximate surface area is 63.0 Å². The lowest BCUT2D eigenvalue weighted by Crippen LogP contribution is -2.35. The van der Waals surface area contributed by atoms with E-state index in [2.05, 4.69) is 25.7 Å². The molecule has 0 atom stereocenters. The summed E-state index contributed by atoms with van der Waals surface area (Å²) in [5.74, 6) is 7.50. The van der Waals surface area contributed by atoms with Crippen molar-refractivity contribution in [2.24, 2.45) is 17.6 Å². The summed E-state index contributed by atoms with van der Waals surface area (Å²) < 4.78 is 0. The van der Waals surface area contributed by atoms with E-state index in [1.54, 1.807) is 0 Å². The first-order chi connectivity index (χ1) is 4.68. The van der Waals surface area contributed by atoms with Crippen LogP contribution in [-0.2, 0) is 0 Å². The molecule has 1 aliphatic carbocycles. The molecule has 2 N–H and O–H groups in total. The highest BCUT2D eigenvalue weighted by Gasteiger charge is 2.23. The van der Waals surface area contributed by atoms with Gasteiger partial charge in [0.1, 0.15) is 0 Å². The van der Waals surface area contributed by atoms with Gasteiger partial charge in [0.2, 0.25) is 0 Å². The Morgan fingerprint density at radius 2 is 2.00 bits per heavy atom. The zero-order valence-corrected chi connectivity index (χ0v) is 6.72. The molecule has 0 spiro atoms. The van der Waals surface area contributed by atoms with Crippen LogP contribution in [0.1, 0.15) is 26.7 Å². The van der Waals surface area contributed by atoms with Gasteiger partial charge in [-0.3, -0.25) is 0 Å². The SMILES string of the molecule is CC(C)C#CC1CC(N)C1. The molecule has 1 fully saturated rings. The van der Waals surface area contributed by atoms with Crippen LogP contribution in [0, 0.1) is 23.7 Å². The van der Waals surface area contributed by atoms with Gasteiger partial charge in [0.05, 0.1) is 0 Å². The van der Waals surface area contributed by atoms with E-state index in [-0.39, 0.29) is 0 Å². The topological polar surface area (TPSA) is 26.0 Å². The van der Waals surface area contributed by atoms with Crippen LogP contribution in [0.25, 0.3) is 0 Å². The van der Waals surface area contributed by atoms with Crippen LogP contribution < -0.4 is 5.73 Å². The van der Waals surface area contributed by atoms with Gasteiger partial charge in [-0.2, -0.15) is 0 Å². The van der Waals surface area contributed by atoms with E-state index in [1.165, 1.54) is 0 Å². The second kappa shape index (κ2) is 3.07. The standard InChI is InChI=1S/C9H15N/c1-7(2)3-4-8-5-9(10)6-8/h7-9H,5-6,10H2,1-2H3. The van der Waals surface area contributed by atoms with Crippen molar-refractivity contribution in [3.05, 3.63) is 0 Å². The van der Waals surface area contributed by atoms with E-state index in [4.69, 9.17) is 5.73 Å². The predicted molar refractivity (Wildman–Crippen MR) is 43.3 cm³/mol. The average molecular weight is 137 g/mol. The van der Waals surface area contributed by atoms with Crippen LogP contribution in [0.15, 0.2) is 0 Å². The Kier molecular flexibility index (Phi) is 2.34. The van der Waals surface area contributed by atoms with Crippen LogP contribution in [-0.4, -0.2) is 6.04 Å². The van der Waals surface area contributed by atoms with Crippen molar-refractivity contribution in [2.75, 3.05) is 0 Å². The summed E-state index contributed by atoms with van der Waals surface area (Å²) in [4.78, 5) is 0. The van der Waals surface area contributed by atoms with Crippen LogP contribution in [0.4, 0.5) is 0 Å². The first-order valence-electron chi connectivity index (χ1n) is 3.95. The molecule has 10 heavy (non-hydrogen) atoms. The maximum Gasteiger partial charge on any atom is 0.0232 e. The molecule has 0 aromatic carbocycles. The van der Waals surface area contributed by atoms with Gasteiger partial charge in [-0.05, 0) is 12.8 Å². The summed E-state index contributed by atoms with van der Waals surface area (Å²) in [6, 6.07) is 0.437. The van der Waals surface area contributed by atoms with Crippen LogP contribution in [0.2, 0.25) is 0 Å². The van der Waals surface area contributed by atoms with Crippen molar-refractivity contribution in [3.63, 3.8) is 0 Å². The van der Waals surface area contributed by atoms with Crippen molar-refractivity contribution in [3.8, 4) is 11.8 Å². The van der Waals surface area contributed by atoms with Crippen molar-refractivity contribution < 1.29 is 0 Å². The molecule has 0 aliphatic heterocycles. The zero-order valence-electron chi connectivity index (χ0n) is 6.72. The zero-order chi connectivity index (χ0) is 7.56. The summed E-state index contributed by atoms with van der Waals surface area (Å²) in [6.07, 6.45) is 2.22. The Morgan fingerprint density at radius 1 is 1.40 bits per heavy atom. The number of rotatable bonds is 0. The summed E-state index contributed by atoms with van der Waals surface area (Å²) in [7, 11) is 0. The number of hydrogen-bond acceptors (Lipinski definition) is 1. The third-order valence-electron chi connectivity index (χ3n) is 1.75. The second-order valence-corrected chi connectivity index (χ2v) is 3.37. The summed E-state index contributed by atoms with van der Waals surface area (Å²) in [6.45, 7) is 4.23. The van der Waals surface area contributed by atoms with Gasteiger partial charge < -0.3 is 5.73 Å². The van der Waals surface area contributed by atoms with Crippen LogP contribution in [0.3, 0.4) is 0 Å². The van der Waals surface area contributed by atoms with Crippen molar-refractivity contribution in [1.82, 2.24) is 0 Å². The van der Waals surface area contributed by atoms with E-state index < -0.39 is 0 Å². The Bertz CT molecular complexity index is 155. The second-order valence-electron chi connectivity index (χ2n) is 3.37. The molecule has 1 saturated carbocycles. The van der Waals surface area contributed by atoms with E-state index >= 15 is 0 Å². The lowest BCUT2D eigenvalue weighted by atomic mass is 9.81. The maximum absolute atomic E-state index is 5.61. The fraction of sp³-hybridized carbons (Fsp3) is 0.778. The fourth-order valence-corrected chi connectivity index (χ4v) is 1.06. The highest BCUT2D eigenvalue weighted by atomic mass is 14.7. The summed E-state index contributed by atoms with van der Waals surface area (Å²) in [5, 5.41) is 0. The molecule has 1 aliphatic rings. The first-order valence-corrected chi connectivity index (χ1v) is 3.95. The minimum absolute atomic E-state index is 0.437. The van der Waals surface area contributed by atoms with Gasteiger partial charge in [0.15, 0.2) is 0 Å². The van der Waals surface area contributed by atoms with Gasteiger partial charge in [-0.25, -0.2) is 0 Å². The fourth-order valence-electron chi connectivity index (χ4n) is 1.06. The molecule has 0 heterocycles. The van der Waals surface area contributed by atoms with E-state index in [0.29, 0.717) is 17.9 Å². The lowest BCUT2D eigenvalue weighted by Gasteiger charge is -2.27. The van der Waals surface area contributed by atoms with Gasteiger partial charge in [0.25, 0.3) is 0 Å². The molecule has 0 saturated heterocycles. The normalized spacial score (nSPS) is 30.8. The predicted octanol–water partition coefficient (Wildman–Crippen LogP) is 1.38. The van der Waals surface area contributed by atoms with Crippen LogP contribution >= 0.6 is 0 Å². The molecule has 1 nitrogen and oxygen atoms in total. The van der Waals surface area contributed by atoms with Gasteiger partial charge in [0, 0.05) is 17.9 Å². The molecular formula is C9H15N. The molecule has 0 unspecified atom stereocenters. The largest absolute Gasteiger partial charge is 0.328 e. The van der Waals surface area contributed by atoms with Crippen molar-refractivity contribution in [1.29, 1.82) is 0 Å². The summed E-state index contributed by atoms with van der Waals surface area (Å²) >= 11 is 0. The van der Waals surface area contributed by atoms with Gasteiger partial charge in [-0.15, -0.1) is 5.92 Å². The van der Waals surface area contributed by atoms with Gasteiger partial charge in [-0.1, -0.05) is 19.8 Å². The highest BCUT2D eigenvalue weighted by molar-refractivity contribution is 5.10. The monoisotopic (exact) mass is 137 g/mol. The molecule has 0 radical (unpaired) electrons. The Balaban J connectivity index is 2.23. The molecule has 1 rings (SSSR count). The third kappa shape index (κ3) is 2.04. The Hall–Kier alpha value is -0.480. The number of hydrogen-bond donors (Lipinski definition) is 1. The van der Waals surface area contributed by atoms with E-state index in [1.807, 2.05) is 0 Å². The lowest BCUT2D eigenvalue weighted by molar-refractivity contribution is 0.334. The van der Waals surface area contributed by atoms with Crippen LogP contribution in [0.5, 0.6) is 0 Å². The molecule has 0 aromatic heterocycles. The van der Waals surface area contributed by atoms with Gasteiger partial charge >= 0.3 is 0 Å². The smallest absolute Gasteiger partial charge is 0.0232 e. The molecule has 0 aromatic rings. The minimum atomic E-state index is 0.437. The molecule has 56 valence electrons. The Morgan fingerprint density at radius 3 is 2.40 bits per heavy atom. The molecular weight excluding hydrogens is 122 g/mol. The minimum Gasteiger partial charge on any atom is -0.328 e. The van der Waals surface area contributed by atoms with E-state index in [9.17, 15) is 0 Å². The highest BCUT2D eigenvalue weighted by Crippen LogP contribution is 2.24. The quantitative estimate of drug-likeness (QED) is 0.501. The summed E-state index contributed by atoms with van der Waals surface area (Å²) in [5.41, 5.74) is 5.61. The van der Waals surface area contributed by atoms with E-state index in [0.717, 1.165) is 12.8 Å². The van der Waals surface area contributed by atoms with Crippen molar-refractivity contribution in [2.45, 2.75) is 32.7 Å². The molecule has 1 heteroatoms. The number of nitrogens with two attached hydrogens (primary N) is 1. The van der Waals surface area contributed by atoms with Crippen molar-refractivity contribution >= 4 is 0 Å². The third-order valence-corrected chi connectivity index (χ3v) is 1.75. The first kappa shape index (κ1) is 7.63. The maximum atomic E-state index is 5.61. The average Bonchev–Trinajstić information content (AvgIpc) is 1.77. The molecule has 0 bridgehead atoms.